The number of carboxylic acid groups (broad SMARTS) is 1. The van der Waals surface area contributed by atoms with Crippen LogP contribution >= 0.6 is 0 Å². The van der Waals surface area contributed by atoms with Crippen molar-refractivity contribution in [2.75, 3.05) is 0 Å². The van der Waals surface area contributed by atoms with Crippen LogP contribution in [0.4, 0.5) is 0 Å². The first-order valence-electron chi connectivity index (χ1n) is 5.54. The molecule has 0 aliphatic carbocycles. The van der Waals surface area contributed by atoms with E-state index < -0.39 is 5.97 Å². The molecule has 0 atom stereocenters. The highest BCUT2D eigenvalue weighted by Gasteiger charge is 2.10. The third-order valence-corrected chi connectivity index (χ3v) is 2.43. The Balaban J connectivity index is 2.01. The number of pyridine rings is 1. The molecule has 7 nitrogen and oxygen atoms in total. The predicted octanol–water partition coefficient (Wildman–Crippen LogP) is 0.741. The lowest BCUT2D eigenvalue weighted by Gasteiger charge is -2.03. The summed E-state index contributed by atoms with van der Waals surface area (Å²) in [5.41, 5.74) is 1.68. The summed E-state index contributed by atoms with van der Waals surface area (Å²) in [6, 6.07) is 4.43. The summed E-state index contributed by atoms with van der Waals surface area (Å²) in [4.78, 5) is 26.5. The molecule has 0 aromatic carbocycles. The Labute approximate surface area is 108 Å². The number of rotatable bonds is 4. The molecule has 7 heteroatoms. The van der Waals surface area contributed by atoms with E-state index in [1.54, 1.807) is 13.0 Å². The zero-order valence-corrected chi connectivity index (χ0v) is 10.2. The Morgan fingerprint density at radius 1 is 1.42 bits per heavy atom. The average Bonchev–Trinajstić information content (AvgIpc) is 2.83. The number of nitrogens with one attached hydrogen (secondary N) is 2. The van der Waals surface area contributed by atoms with Crippen LogP contribution in [-0.2, 0) is 6.54 Å². The van der Waals surface area contributed by atoms with E-state index in [0.717, 1.165) is 5.69 Å². The fourth-order valence-corrected chi connectivity index (χ4v) is 1.50. The zero-order chi connectivity index (χ0) is 13.8. The van der Waals surface area contributed by atoms with Gasteiger partial charge in [0.2, 0.25) is 0 Å². The van der Waals surface area contributed by atoms with Gasteiger partial charge in [0.25, 0.3) is 5.91 Å². The maximum absolute atomic E-state index is 11.7. The predicted molar refractivity (Wildman–Crippen MR) is 65.7 cm³/mol. The normalized spacial score (nSPS) is 10.2. The number of hydrogen-bond acceptors (Lipinski definition) is 4. The topological polar surface area (TPSA) is 108 Å². The van der Waals surface area contributed by atoms with E-state index in [9.17, 15) is 9.59 Å². The van der Waals surface area contributed by atoms with Gasteiger partial charge in [-0.3, -0.25) is 14.9 Å². The molecule has 19 heavy (non-hydrogen) atoms. The molecule has 0 saturated heterocycles. The summed E-state index contributed by atoms with van der Waals surface area (Å²) in [5.74, 6) is -1.37. The fourth-order valence-electron chi connectivity index (χ4n) is 1.50. The van der Waals surface area contributed by atoms with E-state index in [2.05, 4.69) is 20.5 Å². The van der Waals surface area contributed by atoms with Crippen molar-refractivity contribution in [3.8, 4) is 0 Å². The smallest absolute Gasteiger partial charge is 0.335 e. The van der Waals surface area contributed by atoms with Gasteiger partial charge in [0.05, 0.1) is 17.8 Å². The Kier molecular flexibility index (Phi) is 3.56. The van der Waals surface area contributed by atoms with E-state index in [4.69, 9.17) is 5.11 Å². The lowest BCUT2D eigenvalue weighted by Crippen LogP contribution is -2.23. The van der Waals surface area contributed by atoms with Crippen LogP contribution in [0.3, 0.4) is 0 Å². The number of carbonyl (C=O) groups is 2. The summed E-state index contributed by atoms with van der Waals surface area (Å²) < 4.78 is 0. The highest BCUT2D eigenvalue weighted by atomic mass is 16.4. The Morgan fingerprint density at radius 3 is 2.84 bits per heavy atom. The van der Waals surface area contributed by atoms with Gasteiger partial charge in [-0.15, -0.1) is 0 Å². The highest BCUT2D eigenvalue weighted by Crippen LogP contribution is 2.03. The molecule has 2 heterocycles. The number of carboxylic acids is 1. The molecule has 0 radical (unpaired) electrons. The molecule has 0 saturated carbocycles. The van der Waals surface area contributed by atoms with Crippen molar-refractivity contribution in [2.24, 2.45) is 0 Å². The van der Waals surface area contributed by atoms with Gasteiger partial charge >= 0.3 is 5.97 Å². The van der Waals surface area contributed by atoms with Crippen LogP contribution in [-0.4, -0.2) is 32.2 Å². The van der Waals surface area contributed by atoms with Crippen LogP contribution in [0.2, 0.25) is 0 Å². The van der Waals surface area contributed by atoms with Crippen LogP contribution in [0, 0.1) is 6.92 Å². The monoisotopic (exact) mass is 260 g/mol. The number of amides is 1. The summed E-state index contributed by atoms with van der Waals surface area (Å²) in [6.07, 6.45) is 1.39. The quantitative estimate of drug-likeness (QED) is 0.751. The van der Waals surface area contributed by atoms with E-state index in [1.165, 1.54) is 18.3 Å². The van der Waals surface area contributed by atoms with Gasteiger partial charge in [0.15, 0.2) is 0 Å². The van der Waals surface area contributed by atoms with Crippen molar-refractivity contribution in [1.29, 1.82) is 0 Å². The van der Waals surface area contributed by atoms with Gasteiger partial charge in [-0.1, -0.05) is 0 Å². The maximum atomic E-state index is 11.7. The fraction of sp³-hybridized carbons (Fsp3) is 0.167. The Bertz CT molecular complexity index is 621. The second-order valence-corrected chi connectivity index (χ2v) is 3.96. The average molecular weight is 260 g/mol. The molecule has 0 aliphatic rings. The molecule has 0 fully saturated rings. The lowest BCUT2D eigenvalue weighted by molar-refractivity contribution is 0.0696. The number of carbonyl (C=O) groups excluding carboxylic acids is 1. The number of aromatic amines is 1. The van der Waals surface area contributed by atoms with Crippen molar-refractivity contribution in [1.82, 2.24) is 20.5 Å². The van der Waals surface area contributed by atoms with Crippen LogP contribution in [0.15, 0.2) is 24.4 Å². The molecule has 0 spiro atoms. The van der Waals surface area contributed by atoms with Gasteiger partial charge < -0.3 is 10.4 Å². The SMILES string of the molecule is Cc1cc(C(=O)NCc2cc(C(=O)O)ccn2)n[nH]1. The molecule has 0 unspecified atom stereocenters. The third-order valence-electron chi connectivity index (χ3n) is 2.43. The van der Waals surface area contributed by atoms with Crippen LogP contribution < -0.4 is 5.32 Å². The van der Waals surface area contributed by atoms with E-state index in [1.807, 2.05) is 0 Å². The zero-order valence-electron chi connectivity index (χ0n) is 10.2. The molecular weight excluding hydrogens is 248 g/mol. The van der Waals surface area contributed by atoms with E-state index in [0.29, 0.717) is 5.69 Å². The molecule has 0 bridgehead atoms. The van der Waals surface area contributed by atoms with Crippen molar-refractivity contribution in [2.45, 2.75) is 13.5 Å². The van der Waals surface area contributed by atoms with E-state index in [-0.39, 0.29) is 23.7 Å². The maximum Gasteiger partial charge on any atom is 0.335 e. The van der Waals surface area contributed by atoms with Gasteiger partial charge in [-0.05, 0) is 25.1 Å². The minimum atomic E-state index is -1.03. The number of nitrogens with zero attached hydrogens (tertiary/aromatic N) is 2. The van der Waals surface area contributed by atoms with Crippen LogP contribution in [0.1, 0.15) is 32.2 Å². The molecule has 0 aliphatic heterocycles. The summed E-state index contributed by atoms with van der Waals surface area (Å²) in [6.45, 7) is 1.94. The van der Waals surface area contributed by atoms with Crippen molar-refractivity contribution < 1.29 is 14.7 Å². The Hall–Kier alpha value is -2.70. The minimum Gasteiger partial charge on any atom is -0.478 e. The molecule has 1 amide bonds. The molecule has 98 valence electrons. The Morgan fingerprint density at radius 2 is 2.21 bits per heavy atom. The van der Waals surface area contributed by atoms with Crippen molar-refractivity contribution in [3.63, 3.8) is 0 Å². The van der Waals surface area contributed by atoms with Gasteiger partial charge in [-0.25, -0.2) is 4.79 Å². The second-order valence-electron chi connectivity index (χ2n) is 3.96. The molecule has 2 aromatic heterocycles. The molecule has 3 N–H and O–H groups in total. The van der Waals surface area contributed by atoms with Gasteiger partial charge in [-0.2, -0.15) is 5.10 Å². The van der Waals surface area contributed by atoms with Crippen LogP contribution in [0.5, 0.6) is 0 Å². The summed E-state index contributed by atoms with van der Waals surface area (Å²) in [5, 5.41) is 17.9. The number of aromatic carboxylic acids is 1. The first-order valence-corrected chi connectivity index (χ1v) is 5.54. The second kappa shape index (κ2) is 5.30. The highest BCUT2D eigenvalue weighted by molar-refractivity contribution is 5.92. The lowest BCUT2D eigenvalue weighted by atomic mass is 10.2. The minimum absolute atomic E-state index is 0.134. The largest absolute Gasteiger partial charge is 0.478 e. The first kappa shape index (κ1) is 12.7. The number of H-pyrrole nitrogens is 1. The number of hydrogen-bond donors (Lipinski definition) is 3. The third kappa shape index (κ3) is 3.15. The van der Waals surface area contributed by atoms with Crippen LogP contribution in [0.25, 0.3) is 0 Å². The number of aryl methyl sites for hydroxylation is 1. The van der Waals surface area contributed by atoms with Crippen molar-refractivity contribution in [3.05, 3.63) is 47.0 Å². The molecule has 2 aromatic rings. The van der Waals surface area contributed by atoms with Gasteiger partial charge in [0.1, 0.15) is 5.69 Å². The summed E-state index contributed by atoms with van der Waals surface area (Å²) >= 11 is 0. The standard InChI is InChI=1S/C12H12N4O3/c1-7-4-10(16-15-7)11(17)14-6-9-5-8(12(18)19)2-3-13-9/h2-5H,6H2,1H3,(H,14,17)(H,15,16)(H,18,19). The van der Waals surface area contributed by atoms with Crippen molar-refractivity contribution >= 4 is 11.9 Å². The molecular formula is C12H12N4O3. The van der Waals surface area contributed by atoms with E-state index >= 15 is 0 Å². The molecule has 2 rings (SSSR count). The van der Waals surface area contributed by atoms with Gasteiger partial charge in [0, 0.05) is 11.9 Å². The summed E-state index contributed by atoms with van der Waals surface area (Å²) in [7, 11) is 0. The number of aromatic nitrogens is 3. The first-order chi connectivity index (χ1) is 9.06.